The molecule has 1 N–H and O–H groups in total. The number of hydrogen-bond acceptors (Lipinski definition) is 3. The van der Waals surface area contributed by atoms with E-state index >= 15 is 0 Å². The summed E-state index contributed by atoms with van der Waals surface area (Å²) in [6.07, 6.45) is 5.58. The summed E-state index contributed by atoms with van der Waals surface area (Å²) < 4.78 is 0. The number of hydrogen-bond donors (Lipinski definition) is 1. The zero-order valence-corrected chi connectivity index (χ0v) is 9.80. The maximum atomic E-state index is 9.78. The molecule has 1 heterocycles. The topological polar surface area (TPSA) is 23.5 Å². The minimum Gasteiger partial charge on any atom is -0.391 e. The van der Waals surface area contributed by atoms with Crippen LogP contribution in [0, 0.1) is 5.92 Å². The lowest BCUT2D eigenvalue weighted by Gasteiger charge is -2.15. The van der Waals surface area contributed by atoms with Gasteiger partial charge in [-0.3, -0.25) is 0 Å². The number of rotatable bonds is 3. The first-order chi connectivity index (χ1) is 6.75. The summed E-state index contributed by atoms with van der Waals surface area (Å²) in [4.78, 5) is 2.24. The van der Waals surface area contributed by atoms with Gasteiger partial charge in [0.15, 0.2) is 0 Å². The molecule has 1 saturated heterocycles. The van der Waals surface area contributed by atoms with E-state index in [4.69, 9.17) is 0 Å². The van der Waals surface area contributed by atoms with E-state index in [1.54, 1.807) is 0 Å². The summed E-state index contributed by atoms with van der Waals surface area (Å²) >= 11 is 2.10. The van der Waals surface area contributed by atoms with E-state index in [1.807, 2.05) is 0 Å². The average molecular weight is 215 g/mol. The Bertz CT molecular complexity index is 182. The van der Waals surface area contributed by atoms with Crippen molar-refractivity contribution >= 4 is 11.8 Å². The van der Waals surface area contributed by atoms with Gasteiger partial charge in [0, 0.05) is 30.0 Å². The normalized spacial score (nSPS) is 35.6. The van der Waals surface area contributed by atoms with Crippen LogP contribution in [0.1, 0.15) is 25.7 Å². The molecule has 0 bridgehead atoms. The number of nitrogens with zero attached hydrogens (tertiary/aromatic N) is 1. The first-order valence-corrected chi connectivity index (χ1v) is 6.79. The molecule has 2 rings (SSSR count). The molecule has 1 aliphatic carbocycles. The fraction of sp³-hybridized carbons (Fsp3) is 1.00. The SMILES string of the molecule is CN1C[C@H](CSC2CCCC2)[C@@H](O)C1. The summed E-state index contributed by atoms with van der Waals surface area (Å²) in [6, 6.07) is 0. The highest BCUT2D eigenvalue weighted by molar-refractivity contribution is 7.99. The van der Waals surface area contributed by atoms with Crippen LogP contribution in [0.5, 0.6) is 0 Å². The van der Waals surface area contributed by atoms with Crippen LogP contribution in [0.3, 0.4) is 0 Å². The van der Waals surface area contributed by atoms with E-state index in [0.717, 1.165) is 24.1 Å². The molecule has 0 aromatic rings. The first-order valence-electron chi connectivity index (χ1n) is 5.74. The molecule has 82 valence electrons. The standard InChI is InChI=1S/C11H21NOS/c1-12-6-9(11(13)7-12)8-14-10-4-2-3-5-10/h9-11,13H,2-8H2,1H3/t9-,11+/m1/s1. The monoisotopic (exact) mass is 215 g/mol. The third-order valence-corrected chi connectivity index (χ3v) is 5.00. The molecular weight excluding hydrogens is 194 g/mol. The smallest absolute Gasteiger partial charge is 0.0715 e. The molecule has 2 fully saturated rings. The summed E-state index contributed by atoms with van der Waals surface area (Å²) in [5.41, 5.74) is 0. The predicted molar refractivity (Wildman–Crippen MR) is 61.7 cm³/mol. The van der Waals surface area contributed by atoms with Crippen molar-refractivity contribution in [2.24, 2.45) is 5.92 Å². The molecule has 2 atom stereocenters. The van der Waals surface area contributed by atoms with Gasteiger partial charge in [0.05, 0.1) is 6.10 Å². The Morgan fingerprint density at radius 2 is 2.00 bits per heavy atom. The van der Waals surface area contributed by atoms with Gasteiger partial charge in [-0.15, -0.1) is 0 Å². The summed E-state index contributed by atoms with van der Waals surface area (Å²) in [5, 5.41) is 10.7. The number of β-amino-alcohol motifs (C(OH)–C–C–N with tert-alkyl or cyclic N) is 1. The van der Waals surface area contributed by atoms with Gasteiger partial charge in [-0.2, -0.15) is 11.8 Å². The Morgan fingerprint density at radius 3 is 2.57 bits per heavy atom. The van der Waals surface area contributed by atoms with Gasteiger partial charge in [0.2, 0.25) is 0 Å². The van der Waals surface area contributed by atoms with Crippen molar-refractivity contribution in [1.82, 2.24) is 4.90 Å². The highest BCUT2D eigenvalue weighted by Gasteiger charge is 2.29. The maximum Gasteiger partial charge on any atom is 0.0715 e. The van der Waals surface area contributed by atoms with E-state index in [1.165, 1.54) is 25.7 Å². The quantitative estimate of drug-likeness (QED) is 0.773. The van der Waals surface area contributed by atoms with Crippen LogP contribution in [0.4, 0.5) is 0 Å². The minimum absolute atomic E-state index is 0.0751. The molecule has 14 heavy (non-hydrogen) atoms. The highest BCUT2D eigenvalue weighted by atomic mass is 32.2. The van der Waals surface area contributed by atoms with Gasteiger partial charge in [0.25, 0.3) is 0 Å². The lowest BCUT2D eigenvalue weighted by molar-refractivity contribution is 0.152. The summed E-state index contributed by atoms with van der Waals surface area (Å²) in [5.74, 6) is 1.68. The molecule has 0 aromatic carbocycles. The minimum atomic E-state index is -0.0751. The third kappa shape index (κ3) is 2.65. The number of aliphatic hydroxyl groups excluding tert-OH is 1. The van der Waals surface area contributed by atoms with E-state index in [2.05, 4.69) is 23.7 Å². The van der Waals surface area contributed by atoms with Crippen LogP contribution in [0.15, 0.2) is 0 Å². The van der Waals surface area contributed by atoms with Gasteiger partial charge in [-0.05, 0) is 19.9 Å². The Hall–Kier alpha value is 0.270. The second-order valence-corrected chi connectivity index (χ2v) is 6.12. The molecule has 0 spiro atoms. The average Bonchev–Trinajstić information content (AvgIpc) is 2.72. The van der Waals surface area contributed by atoms with Crippen molar-refractivity contribution in [3.05, 3.63) is 0 Å². The maximum absolute atomic E-state index is 9.78. The Kier molecular flexibility index (Phi) is 3.74. The number of aliphatic hydroxyl groups is 1. The van der Waals surface area contributed by atoms with Crippen LogP contribution in [-0.4, -0.2) is 47.3 Å². The highest BCUT2D eigenvalue weighted by Crippen LogP contribution is 2.32. The van der Waals surface area contributed by atoms with E-state index < -0.39 is 0 Å². The number of likely N-dealkylation sites (tertiary alicyclic amines) is 1. The lowest BCUT2D eigenvalue weighted by atomic mass is 10.1. The van der Waals surface area contributed by atoms with Crippen LogP contribution >= 0.6 is 11.8 Å². The predicted octanol–water partition coefficient (Wildman–Crippen LogP) is 1.58. The zero-order valence-electron chi connectivity index (χ0n) is 8.98. The van der Waals surface area contributed by atoms with Gasteiger partial charge in [-0.25, -0.2) is 0 Å². The van der Waals surface area contributed by atoms with Crippen molar-refractivity contribution in [2.45, 2.75) is 37.0 Å². The van der Waals surface area contributed by atoms with Gasteiger partial charge < -0.3 is 10.0 Å². The number of thioether (sulfide) groups is 1. The molecule has 1 saturated carbocycles. The Labute approximate surface area is 91.1 Å². The molecule has 2 aliphatic rings. The van der Waals surface area contributed by atoms with Gasteiger partial charge in [-0.1, -0.05) is 12.8 Å². The lowest BCUT2D eigenvalue weighted by Crippen LogP contribution is -2.20. The second-order valence-electron chi connectivity index (χ2n) is 4.79. The molecule has 2 nitrogen and oxygen atoms in total. The molecule has 1 aliphatic heterocycles. The van der Waals surface area contributed by atoms with Crippen molar-refractivity contribution < 1.29 is 5.11 Å². The van der Waals surface area contributed by atoms with E-state index in [0.29, 0.717) is 5.92 Å². The van der Waals surface area contributed by atoms with Crippen molar-refractivity contribution in [3.8, 4) is 0 Å². The van der Waals surface area contributed by atoms with E-state index in [9.17, 15) is 5.11 Å². The molecular formula is C11H21NOS. The van der Waals surface area contributed by atoms with Crippen LogP contribution < -0.4 is 0 Å². The molecule has 0 radical (unpaired) electrons. The van der Waals surface area contributed by atoms with Crippen LogP contribution in [0.25, 0.3) is 0 Å². The molecule has 0 amide bonds. The zero-order chi connectivity index (χ0) is 9.97. The summed E-state index contributed by atoms with van der Waals surface area (Å²) in [6.45, 7) is 1.96. The van der Waals surface area contributed by atoms with Crippen LogP contribution in [0.2, 0.25) is 0 Å². The third-order valence-electron chi connectivity index (χ3n) is 3.44. The second kappa shape index (κ2) is 4.86. The fourth-order valence-corrected chi connectivity index (χ4v) is 4.06. The van der Waals surface area contributed by atoms with Crippen molar-refractivity contribution in [1.29, 1.82) is 0 Å². The van der Waals surface area contributed by atoms with Crippen molar-refractivity contribution in [3.63, 3.8) is 0 Å². The Balaban J connectivity index is 1.69. The van der Waals surface area contributed by atoms with Gasteiger partial charge in [0.1, 0.15) is 0 Å². The summed E-state index contributed by atoms with van der Waals surface area (Å²) in [7, 11) is 2.10. The van der Waals surface area contributed by atoms with Gasteiger partial charge >= 0.3 is 0 Å². The molecule has 0 aromatic heterocycles. The molecule has 3 heteroatoms. The van der Waals surface area contributed by atoms with E-state index in [-0.39, 0.29) is 6.10 Å². The fourth-order valence-electron chi connectivity index (χ4n) is 2.54. The Morgan fingerprint density at radius 1 is 1.29 bits per heavy atom. The first kappa shape index (κ1) is 10.8. The largest absolute Gasteiger partial charge is 0.391 e. The van der Waals surface area contributed by atoms with Crippen molar-refractivity contribution in [2.75, 3.05) is 25.9 Å². The molecule has 0 unspecified atom stereocenters. The number of likely N-dealkylation sites (N-methyl/N-ethyl adjacent to an activating group) is 1. The van der Waals surface area contributed by atoms with Crippen LogP contribution in [-0.2, 0) is 0 Å².